The summed E-state index contributed by atoms with van der Waals surface area (Å²) in [6.07, 6.45) is 11.9. The molecule has 1 fully saturated rings. The van der Waals surface area contributed by atoms with Crippen LogP contribution in [-0.4, -0.2) is 37.1 Å². The van der Waals surface area contributed by atoms with Crippen molar-refractivity contribution in [2.75, 3.05) is 20.6 Å². The second-order valence-corrected chi connectivity index (χ2v) is 5.73. The first-order valence-corrected chi connectivity index (χ1v) is 6.93. The Morgan fingerprint density at radius 2 is 2.00 bits per heavy atom. The zero-order valence-corrected chi connectivity index (χ0v) is 11.9. The Balaban J connectivity index is 2.79. The van der Waals surface area contributed by atoms with Crippen LogP contribution in [0.5, 0.6) is 0 Å². The Bertz CT molecular complexity index is 257. The van der Waals surface area contributed by atoms with Crippen LogP contribution in [0.4, 0.5) is 0 Å². The van der Waals surface area contributed by atoms with E-state index in [1.54, 1.807) is 0 Å². The fourth-order valence-corrected chi connectivity index (χ4v) is 2.95. The summed E-state index contributed by atoms with van der Waals surface area (Å²) in [7, 11) is 4.35. The van der Waals surface area contributed by atoms with E-state index in [4.69, 9.17) is 6.42 Å². The van der Waals surface area contributed by atoms with Crippen molar-refractivity contribution in [3.05, 3.63) is 0 Å². The molecule has 0 heterocycles. The lowest BCUT2D eigenvalue weighted by Crippen LogP contribution is -2.60. The predicted molar refractivity (Wildman–Crippen MR) is 75.0 cm³/mol. The second-order valence-electron chi connectivity index (χ2n) is 5.73. The summed E-state index contributed by atoms with van der Waals surface area (Å²) in [5, 5.41) is 3.55. The van der Waals surface area contributed by atoms with Crippen LogP contribution in [0.2, 0.25) is 0 Å². The lowest BCUT2D eigenvalue weighted by molar-refractivity contribution is 0.0619. The Labute approximate surface area is 107 Å². The molecule has 2 nitrogen and oxygen atoms in total. The topological polar surface area (TPSA) is 15.3 Å². The second kappa shape index (κ2) is 6.42. The van der Waals surface area contributed by atoms with Gasteiger partial charge in [0.05, 0.1) is 6.04 Å². The van der Waals surface area contributed by atoms with Crippen LogP contribution in [0.15, 0.2) is 0 Å². The minimum Gasteiger partial charge on any atom is -0.302 e. The highest BCUT2D eigenvalue weighted by molar-refractivity contribution is 5.14. The van der Waals surface area contributed by atoms with Crippen molar-refractivity contribution in [1.82, 2.24) is 10.2 Å². The fraction of sp³-hybridized carbons (Fsp3) is 0.867. The molecule has 1 aliphatic carbocycles. The molecule has 0 bridgehead atoms. The summed E-state index contributed by atoms with van der Waals surface area (Å²) in [6, 6.07) is 0.185. The number of likely N-dealkylation sites (N-methyl/N-ethyl adjacent to an activating group) is 1. The van der Waals surface area contributed by atoms with Gasteiger partial charge in [0.15, 0.2) is 0 Å². The van der Waals surface area contributed by atoms with E-state index in [0.717, 1.165) is 18.9 Å². The summed E-state index contributed by atoms with van der Waals surface area (Å²) in [5.41, 5.74) is 0.163. The standard InChI is InChI=1S/C15H28N2/c1-6-12-16-14(7-2)15(17(4)5)10-8-13(3)9-11-15/h2,13-14,16H,6,8-12H2,1,3-5H3. The third-order valence-electron chi connectivity index (χ3n) is 4.33. The van der Waals surface area contributed by atoms with Gasteiger partial charge < -0.3 is 10.2 Å². The molecule has 2 heteroatoms. The zero-order valence-electron chi connectivity index (χ0n) is 11.9. The molecular formula is C15H28N2. The van der Waals surface area contributed by atoms with Gasteiger partial charge in [-0.3, -0.25) is 0 Å². The van der Waals surface area contributed by atoms with Crippen LogP contribution in [0.1, 0.15) is 46.0 Å². The molecule has 1 N–H and O–H groups in total. The maximum Gasteiger partial charge on any atom is 0.0873 e. The molecule has 1 atom stereocenters. The Kier molecular flexibility index (Phi) is 5.49. The van der Waals surface area contributed by atoms with E-state index in [-0.39, 0.29) is 11.6 Å². The molecule has 0 radical (unpaired) electrons. The third kappa shape index (κ3) is 3.24. The van der Waals surface area contributed by atoms with Gasteiger partial charge in [-0.1, -0.05) is 19.8 Å². The molecule has 0 aliphatic heterocycles. The number of terminal acetylenes is 1. The fourth-order valence-electron chi connectivity index (χ4n) is 2.95. The molecule has 17 heavy (non-hydrogen) atoms. The van der Waals surface area contributed by atoms with Gasteiger partial charge in [0.2, 0.25) is 0 Å². The molecule has 0 spiro atoms. The number of rotatable bonds is 5. The third-order valence-corrected chi connectivity index (χ3v) is 4.33. The van der Waals surface area contributed by atoms with Crippen LogP contribution < -0.4 is 5.32 Å². The summed E-state index contributed by atoms with van der Waals surface area (Å²) < 4.78 is 0. The van der Waals surface area contributed by atoms with Crippen molar-refractivity contribution in [3.63, 3.8) is 0 Å². The van der Waals surface area contributed by atoms with Crippen molar-refractivity contribution in [2.24, 2.45) is 5.92 Å². The van der Waals surface area contributed by atoms with Gasteiger partial charge in [-0.15, -0.1) is 6.42 Å². The van der Waals surface area contributed by atoms with E-state index in [2.05, 4.69) is 44.1 Å². The van der Waals surface area contributed by atoms with Gasteiger partial charge in [-0.2, -0.15) is 0 Å². The van der Waals surface area contributed by atoms with Crippen molar-refractivity contribution in [3.8, 4) is 12.3 Å². The van der Waals surface area contributed by atoms with Crippen molar-refractivity contribution >= 4 is 0 Å². The highest BCUT2D eigenvalue weighted by Crippen LogP contribution is 2.37. The summed E-state index contributed by atoms with van der Waals surface area (Å²) in [4.78, 5) is 2.35. The smallest absolute Gasteiger partial charge is 0.0873 e. The Hall–Kier alpha value is -0.520. The Morgan fingerprint density at radius 1 is 1.41 bits per heavy atom. The molecule has 0 aromatic rings. The molecule has 0 saturated heterocycles. The maximum absolute atomic E-state index is 5.76. The lowest BCUT2D eigenvalue weighted by Gasteiger charge is -2.48. The van der Waals surface area contributed by atoms with Crippen molar-refractivity contribution < 1.29 is 0 Å². The molecule has 1 unspecified atom stereocenters. The van der Waals surface area contributed by atoms with Gasteiger partial charge in [0, 0.05) is 5.54 Å². The largest absolute Gasteiger partial charge is 0.302 e. The average Bonchev–Trinajstić information content (AvgIpc) is 2.32. The van der Waals surface area contributed by atoms with Crippen molar-refractivity contribution in [2.45, 2.75) is 57.5 Å². The highest BCUT2D eigenvalue weighted by atomic mass is 15.2. The van der Waals surface area contributed by atoms with Gasteiger partial charge in [0.25, 0.3) is 0 Å². The van der Waals surface area contributed by atoms with Crippen molar-refractivity contribution in [1.29, 1.82) is 0 Å². The molecule has 1 rings (SSSR count). The quantitative estimate of drug-likeness (QED) is 0.738. The van der Waals surface area contributed by atoms with E-state index >= 15 is 0 Å². The molecule has 1 aliphatic rings. The molecular weight excluding hydrogens is 208 g/mol. The summed E-state index contributed by atoms with van der Waals surface area (Å²) in [5.74, 6) is 3.85. The van der Waals surface area contributed by atoms with Gasteiger partial charge in [-0.25, -0.2) is 0 Å². The van der Waals surface area contributed by atoms with Crippen LogP contribution in [0, 0.1) is 18.3 Å². The van der Waals surface area contributed by atoms with Crippen LogP contribution in [-0.2, 0) is 0 Å². The maximum atomic E-state index is 5.76. The molecule has 0 aromatic carbocycles. The first-order chi connectivity index (χ1) is 8.06. The molecule has 0 amide bonds. The Morgan fingerprint density at radius 3 is 2.41 bits per heavy atom. The number of hydrogen-bond acceptors (Lipinski definition) is 2. The number of nitrogens with zero attached hydrogens (tertiary/aromatic N) is 1. The van der Waals surface area contributed by atoms with Crippen LogP contribution in [0.25, 0.3) is 0 Å². The van der Waals surface area contributed by atoms with E-state index in [1.165, 1.54) is 25.7 Å². The van der Waals surface area contributed by atoms with Crippen LogP contribution >= 0.6 is 0 Å². The van der Waals surface area contributed by atoms with E-state index in [9.17, 15) is 0 Å². The minimum absolute atomic E-state index is 0.163. The monoisotopic (exact) mass is 236 g/mol. The van der Waals surface area contributed by atoms with Gasteiger partial charge in [-0.05, 0) is 58.7 Å². The van der Waals surface area contributed by atoms with E-state index in [0.29, 0.717) is 0 Å². The SMILES string of the molecule is C#CC(NCCC)C1(N(C)C)CCC(C)CC1. The van der Waals surface area contributed by atoms with E-state index in [1.807, 2.05) is 0 Å². The summed E-state index contributed by atoms with van der Waals surface area (Å²) >= 11 is 0. The zero-order chi connectivity index (χ0) is 12.9. The van der Waals surface area contributed by atoms with Gasteiger partial charge >= 0.3 is 0 Å². The molecule has 1 saturated carbocycles. The lowest BCUT2D eigenvalue weighted by atomic mass is 9.72. The number of nitrogens with one attached hydrogen (secondary N) is 1. The predicted octanol–water partition coefficient (Wildman–Crippen LogP) is 2.50. The first-order valence-electron chi connectivity index (χ1n) is 6.93. The minimum atomic E-state index is 0.163. The highest BCUT2D eigenvalue weighted by Gasteiger charge is 2.42. The molecule has 0 aromatic heterocycles. The van der Waals surface area contributed by atoms with Gasteiger partial charge in [0.1, 0.15) is 0 Å². The molecule has 98 valence electrons. The summed E-state index contributed by atoms with van der Waals surface area (Å²) in [6.45, 7) is 5.55. The van der Waals surface area contributed by atoms with E-state index < -0.39 is 0 Å². The normalized spacial score (nSPS) is 31.2. The van der Waals surface area contributed by atoms with Crippen LogP contribution in [0.3, 0.4) is 0 Å². The number of hydrogen-bond donors (Lipinski definition) is 1. The first kappa shape index (κ1) is 14.5. The average molecular weight is 236 g/mol.